The van der Waals surface area contributed by atoms with Gasteiger partial charge in [0.1, 0.15) is 6.61 Å². The topological polar surface area (TPSA) is 53.8 Å². The molecule has 2 rings (SSSR count). The van der Waals surface area contributed by atoms with Crippen molar-refractivity contribution in [1.82, 2.24) is 14.8 Å². The maximum absolute atomic E-state index is 9.10. The number of nitrogens with one attached hydrogen (secondary N) is 1. The molecule has 0 radical (unpaired) electrons. The number of H-pyrrole nitrogens is 1. The van der Waals surface area contributed by atoms with Gasteiger partial charge in [-0.25, -0.2) is 0 Å². The second kappa shape index (κ2) is 5.14. The first-order chi connectivity index (χ1) is 7.31. The summed E-state index contributed by atoms with van der Waals surface area (Å²) in [6.07, 6.45) is 3.87. The van der Waals surface area contributed by atoms with Crippen LogP contribution < -0.4 is 0 Å². The molecule has 1 aromatic heterocycles. The largest absolute Gasteiger partial charge is 0.388 e. The Hall–Kier alpha value is -0.330. The number of aromatic nitrogens is 3. The van der Waals surface area contributed by atoms with E-state index in [-0.39, 0.29) is 6.61 Å². The van der Waals surface area contributed by atoms with Crippen LogP contribution in [0.3, 0.4) is 0 Å². The van der Waals surface area contributed by atoms with Gasteiger partial charge in [-0.05, 0) is 30.8 Å². The van der Waals surface area contributed by atoms with Crippen molar-refractivity contribution in [2.45, 2.75) is 37.7 Å². The van der Waals surface area contributed by atoms with Crippen molar-refractivity contribution in [1.29, 1.82) is 0 Å². The molecule has 2 N–H and O–H groups in total. The van der Waals surface area contributed by atoms with Gasteiger partial charge in [0.05, 0.1) is 0 Å². The molecule has 1 aliphatic heterocycles. The molecule has 2 heterocycles. The first kappa shape index (κ1) is 11.2. The number of nitrogens with zero attached hydrogens (tertiary/aromatic N) is 2. The second-order valence-electron chi connectivity index (χ2n) is 3.70. The number of aliphatic hydroxyl groups is 1. The molecule has 6 heteroatoms. The van der Waals surface area contributed by atoms with Crippen LogP contribution in [0.25, 0.3) is 0 Å². The van der Waals surface area contributed by atoms with E-state index < -0.39 is 0 Å². The minimum absolute atomic E-state index is 0.0511. The van der Waals surface area contributed by atoms with Crippen LogP contribution in [-0.4, -0.2) is 30.9 Å². The van der Waals surface area contributed by atoms with Crippen LogP contribution in [0.5, 0.6) is 0 Å². The maximum atomic E-state index is 9.10. The third-order valence-corrected chi connectivity index (χ3v) is 4.33. The fraction of sp³-hybridized carbons (Fsp3) is 0.778. The summed E-state index contributed by atoms with van der Waals surface area (Å²) in [6.45, 7) is 0.820. The number of aromatic amines is 1. The first-order valence-corrected chi connectivity index (χ1v) is 6.63. The van der Waals surface area contributed by atoms with Crippen molar-refractivity contribution in [3.8, 4) is 0 Å². The van der Waals surface area contributed by atoms with Crippen molar-refractivity contribution in [2.24, 2.45) is 0 Å². The quantitative estimate of drug-likeness (QED) is 0.796. The van der Waals surface area contributed by atoms with Crippen LogP contribution in [0.2, 0.25) is 0 Å². The van der Waals surface area contributed by atoms with Gasteiger partial charge in [-0.15, -0.1) is 0 Å². The highest BCUT2D eigenvalue weighted by Crippen LogP contribution is 2.26. The first-order valence-electron chi connectivity index (χ1n) is 5.18. The van der Waals surface area contributed by atoms with Crippen molar-refractivity contribution in [3.05, 3.63) is 10.6 Å². The van der Waals surface area contributed by atoms with Crippen molar-refractivity contribution >= 4 is 24.0 Å². The van der Waals surface area contributed by atoms with Crippen molar-refractivity contribution < 1.29 is 5.11 Å². The molecule has 84 valence electrons. The van der Waals surface area contributed by atoms with Crippen LogP contribution in [0.4, 0.5) is 0 Å². The average Bonchev–Trinajstić information content (AvgIpc) is 2.62. The van der Waals surface area contributed by atoms with Gasteiger partial charge in [0.25, 0.3) is 0 Å². The SMILES string of the molecule is OCc1n[nH]c(=S)n1CC1CCCCS1. The zero-order valence-electron chi connectivity index (χ0n) is 8.48. The van der Waals surface area contributed by atoms with E-state index in [4.69, 9.17) is 17.3 Å². The van der Waals surface area contributed by atoms with E-state index in [2.05, 4.69) is 10.2 Å². The molecule has 0 saturated carbocycles. The zero-order chi connectivity index (χ0) is 10.7. The lowest BCUT2D eigenvalue weighted by molar-refractivity contribution is 0.264. The fourth-order valence-corrected chi connectivity index (χ4v) is 3.33. The maximum Gasteiger partial charge on any atom is 0.195 e. The molecule has 1 fully saturated rings. The number of aliphatic hydroxyl groups excluding tert-OH is 1. The van der Waals surface area contributed by atoms with E-state index in [0.29, 0.717) is 15.8 Å². The Morgan fingerprint density at radius 2 is 2.47 bits per heavy atom. The molecule has 1 saturated heterocycles. The molecular formula is C9H15N3OS2. The normalized spacial score (nSPS) is 21.8. The summed E-state index contributed by atoms with van der Waals surface area (Å²) in [5.41, 5.74) is 0. The Morgan fingerprint density at radius 1 is 1.60 bits per heavy atom. The van der Waals surface area contributed by atoms with Crippen LogP contribution in [-0.2, 0) is 13.2 Å². The molecule has 1 aromatic rings. The minimum Gasteiger partial charge on any atom is -0.388 e. The number of rotatable bonds is 3. The molecule has 0 aromatic carbocycles. The number of hydrogen-bond donors (Lipinski definition) is 2. The van der Waals surface area contributed by atoms with Gasteiger partial charge in [0.2, 0.25) is 0 Å². The summed E-state index contributed by atoms with van der Waals surface area (Å²) in [4.78, 5) is 0. The lowest BCUT2D eigenvalue weighted by Gasteiger charge is -2.21. The summed E-state index contributed by atoms with van der Waals surface area (Å²) in [5, 5.41) is 16.4. The van der Waals surface area contributed by atoms with Gasteiger partial charge < -0.3 is 9.67 Å². The summed E-state index contributed by atoms with van der Waals surface area (Å²) in [7, 11) is 0. The molecule has 4 nitrogen and oxygen atoms in total. The van der Waals surface area contributed by atoms with E-state index in [9.17, 15) is 0 Å². The Bertz CT molecular complexity index is 368. The van der Waals surface area contributed by atoms with E-state index in [1.165, 1.54) is 25.0 Å². The molecule has 0 aliphatic carbocycles. The predicted molar refractivity (Wildman–Crippen MR) is 63.4 cm³/mol. The molecule has 0 amide bonds. The Kier molecular flexibility index (Phi) is 3.82. The molecular weight excluding hydrogens is 230 g/mol. The van der Waals surface area contributed by atoms with Gasteiger partial charge in [0.15, 0.2) is 10.6 Å². The van der Waals surface area contributed by atoms with Crippen LogP contribution in [0.15, 0.2) is 0 Å². The molecule has 0 bridgehead atoms. The Labute approximate surface area is 98.1 Å². The second-order valence-corrected chi connectivity index (χ2v) is 5.50. The van der Waals surface area contributed by atoms with Crippen molar-refractivity contribution in [2.75, 3.05) is 5.75 Å². The summed E-state index contributed by atoms with van der Waals surface area (Å²) in [6, 6.07) is 0. The third kappa shape index (κ3) is 2.62. The minimum atomic E-state index is -0.0511. The van der Waals surface area contributed by atoms with Crippen LogP contribution in [0, 0.1) is 4.77 Å². The van der Waals surface area contributed by atoms with Gasteiger partial charge in [-0.1, -0.05) is 6.42 Å². The van der Waals surface area contributed by atoms with E-state index >= 15 is 0 Å². The van der Waals surface area contributed by atoms with Crippen LogP contribution in [0.1, 0.15) is 25.1 Å². The van der Waals surface area contributed by atoms with Gasteiger partial charge in [-0.2, -0.15) is 16.9 Å². The lowest BCUT2D eigenvalue weighted by Crippen LogP contribution is -2.18. The standard InChI is InChI=1S/C9H15N3OS2/c13-6-8-10-11-9(14)12(8)5-7-3-1-2-4-15-7/h7,13H,1-6H2,(H,11,14). The molecule has 0 spiro atoms. The highest BCUT2D eigenvalue weighted by atomic mass is 32.2. The summed E-state index contributed by atoms with van der Waals surface area (Å²) >= 11 is 7.13. The summed E-state index contributed by atoms with van der Waals surface area (Å²) in [5.74, 6) is 1.88. The average molecular weight is 245 g/mol. The fourth-order valence-electron chi connectivity index (χ4n) is 1.81. The monoisotopic (exact) mass is 245 g/mol. The highest BCUT2D eigenvalue weighted by molar-refractivity contribution is 7.99. The molecule has 1 aliphatic rings. The highest BCUT2D eigenvalue weighted by Gasteiger charge is 2.16. The van der Waals surface area contributed by atoms with E-state index in [1.54, 1.807) is 0 Å². The lowest BCUT2D eigenvalue weighted by atomic mass is 10.2. The molecule has 15 heavy (non-hydrogen) atoms. The zero-order valence-corrected chi connectivity index (χ0v) is 10.1. The summed E-state index contributed by atoms with van der Waals surface area (Å²) < 4.78 is 2.53. The van der Waals surface area contributed by atoms with Gasteiger partial charge in [-0.3, -0.25) is 5.10 Å². The van der Waals surface area contributed by atoms with Gasteiger partial charge in [0, 0.05) is 11.8 Å². The number of thioether (sulfide) groups is 1. The predicted octanol–water partition coefficient (Wildman–Crippen LogP) is 1.72. The Morgan fingerprint density at radius 3 is 3.13 bits per heavy atom. The smallest absolute Gasteiger partial charge is 0.195 e. The Balaban J connectivity index is 2.08. The van der Waals surface area contributed by atoms with Gasteiger partial charge >= 0.3 is 0 Å². The number of hydrogen-bond acceptors (Lipinski definition) is 4. The molecule has 1 unspecified atom stereocenters. The molecule has 1 atom stereocenters. The van der Waals surface area contributed by atoms with Crippen LogP contribution >= 0.6 is 24.0 Å². The van der Waals surface area contributed by atoms with E-state index in [0.717, 1.165) is 6.54 Å². The van der Waals surface area contributed by atoms with E-state index in [1.807, 2.05) is 16.3 Å². The third-order valence-electron chi connectivity index (χ3n) is 2.64. The van der Waals surface area contributed by atoms with Crippen molar-refractivity contribution in [3.63, 3.8) is 0 Å².